The number of hydrogen-bond donors (Lipinski definition) is 2. The van der Waals surface area contributed by atoms with Crippen molar-refractivity contribution in [2.24, 2.45) is 7.05 Å². The molecule has 0 saturated carbocycles. The summed E-state index contributed by atoms with van der Waals surface area (Å²) in [7, 11) is 4.03. The van der Waals surface area contributed by atoms with E-state index >= 15 is 0 Å². The van der Waals surface area contributed by atoms with Crippen LogP contribution in [-0.2, 0) is 7.05 Å². The number of piperidine rings is 2. The molecule has 2 N–H and O–H groups in total. The molecule has 0 radical (unpaired) electrons. The van der Waals surface area contributed by atoms with Gasteiger partial charge in [-0.2, -0.15) is 5.10 Å². The van der Waals surface area contributed by atoms with Crippen LogP contribution in [0, 0.1) is 0 Å². The number of carbonyl (C=O) groups excluding carboxylic acids is 1. The highest BCUT2D eigenvalue weighted by molar-refractivity contribution is 6.05. The molecule has 2 aliphatic heterocycles. The van der Waals surface area contributed by atoms with Gasteiger partial charge in [-0.25, -0.2) is 0 Å². The minimum atomic E-state index is -0.140. The number of benzene rings is 1. The molecule has 2 bridgehead atoms. The fourth-order valence-corrected chi connectivity index (χ4v) is 4.41. The lowest BCUT2D eigenvalue weighted by atomic mass is 9.82. The first kappa shape index (κ1) is 15.4. The molecule has 1 aromatic carbocycles. The number of aromatic nitrogens is 2. The molecule has 3 heterocycles. The van der Waals surface area contributed by atoms with E-state index in [1.54, 1.807) is 22.9 Å². The van der Waals surface area contributed by atoms with E-state index in [2.05, 4.69) is 22.4 Å². The molecule has 2 fully saturated rings. The van der Waals surface area contributed by atoms with E-state index in [1.165, 1.54) is 19.3 Å². The van der Waals surface area contributed by atoms with Crippen molar-refractivity contribution in [3.8, 4) is 5.75 Å². The van der Waals surface area contributed by atoms with Crippen LogP contribution in [0.25, 0.3) is 10.9 Å². The standard InChI is InChI=1S/C18H24N4O2/c1-21-12-4-3-5-13(21)9-11(8-12)19-18(24)17-15-10-14(23)6-7-16(15)22(2)20-17/h6-7,10-13,23H,3-5,8-9H2,1-2H3,(H,19,24)/t12-,13-/m0/s1. The van der Waals surface area contributed by atoms with Gasteiger partial charge in [-0.1, -0.05) is 6.42 Å². The summed E-state index contributed by atoms with van der Waals surface area (Å²) in [5, 5.41) is 18.0. The van der Waals surface area contributed by atoms with Crippen LogP contribution in [0.5, 0.6) is 5.75 Å². The van der Waals surface area contributed by atoms with Crippen LogP contribution in [0.15, 0.2) is 18.2 Å². The molecule has 1 amide bonds. The van der Waals surface area contributed by atoms with Crippen LogP contribution in [0.4, 0.5) is 0 Å². The number of fused-ring (bicyclic) bond motifs is 3. The number of phenolic OH excluding ortho intramolecular Hbond substituents is 1. The first-order valence-electron chi connectivity index (χ1n) is 8.71. The highest BCUT2D eigenvalue weighted by atomic mass is 16.3. The van der Waals surface area contributed by atoms with Gasteiger partial charge in [0.2, 0.25) is 0 Å². The van der Waals surface area contributed by atoms with Crippen molar-refractivity contribution in [2.75, 3.05) is 7.05 Å². The summed E-state index contributed by atoms with van der Waals surface area (Å²) >= 11 is 0. The highest BCUT2D eigenvalue weighted by Gasteiger charge is 2.36. The lowest BCUT2D eigenvalue weighted by Gasteiger charge is -2.47. The zero-order valence-electron chi connectivity index (χ0n) is 14.2. The average Bonchev–Trinajstić information content (AvgIpc) is 2.85. The van der Waals surface area contributed by atoms with Crippen molar-refractivity contribution in [1.29, 1.82) is 0 Å². The monoisotopic (exact) mass is 328 g/mol. The van der Waals surface area contributed by atoms with Gasteiger partial charge in [0, 0.05) is 30.6 Å². The molecule has 6 heteroatoms. The number of hydrogen-bond acceptors (Lipinski definition) is 4. The molecule has 2 aromatic rings. The maximum atomic E-state index is 12.8. The average molecular weight is 328 g/mol. The van der Waals surface area contributed by atoms with Crippen LogP contribution in [-0.4, -0.2) is 50.9 Å². The Morgan fingerprint density at radius 1 is 1.25 bits per heavy atom. The quantitative estimate of drug-likeness (QED) is 0.885. The largest absolute Gasteiger partial charge is 0.508 e. The summed E-state index contributed by atoms with van der Waals surface area (Å²) in [6.07, 6.45) is 5.76. The van der Waals surface area contributed by atoms with Gasteiger partial charge >= 0.3 is 0 Å². The van der Waals surface area contributed by atoms with Crippen LogP contribution in [0.3, 0.4) is 0 Å². The highest BCUT2D eigenvalue weighted by Crippen LogP contribution is 2.33. The Bertz CT molecular complexity index is 771. The van der Waals surface area contributed by atoms with Gasteiger partial charge in [0.25, 0.3) is 5.91 Å². The Kier molecular flexibility index (Phi) is 3.72. The molecular weight excluding hydrogens is 304 g/mol. The second-order valence-electron chi connectivity index (χ2n) is 7.22. The van der Waals surface area contributed by atoms with E-state index in [-0.39, 0.29) is 17.7 Å². The number of nitrogens with zero attached hydrogens (tertiary/aromatic N) is 3. The molecule has 0 unspecified atom stereocenters. The van der Waals surface area contributed by atoms with E-state index in [1.807, 2.05) is 7.05 Å². The molecular formula is C18H24N4O2. The smallest absolute Gasteiger partial charge is 0.272 e. The Labute approximate surface area is 141 Å². The van der Waals surface area contributed by atoms with Crippen molar-refractivity contribution in [3.63, 3.8) is 0 Å². The molecule has 0 aliphatic carbocycles. The van der Waals surface area contributed by atoms with E-state index < -0.39 is 0 Å². The van der Waals surface area contributed by atoms with Gasteiger partial charge in [0.1, 0.15) is 5.75 Å². The van der Waals surface area contributed by atoms with Gasteiger partial charge < -0.3 is 15.3 Å². The van der Waals surface area contributed by atoms with Crippen LogP contribution >= 0.6 is 0 Å². The SMILES string of the molecule is CN1[C@H]2CCC[C@H]1CC(NC(=O)c1nn(C)c3ccc(O)cc13)C2. The number of aryl methyl sites for hydroxylation is 1. The van der Waals surface area contributed by atoms with Crippen molar-refractivity contribution >= 4 is 16.8 Å². The first-order chi connectivity index (χ1) is 11.5. The van der Waals surface area contributed by atoms with Crippen LogP contribution in [0.1, 0.15) is 42.6 Å². The van der Waals surface area contributed by atoms with Gasteiger partial charge in [0.05, 0.1) is 5.52 Å². The number of nitrogens with one attached hydrogen (secondary N) is 1. The molecule has 4 rings (SSSR count). The van der Waals surface area contributed by atoms with E-state index in [9.17, 15) is 9.90 Å². The third kappa shape index (κ3) is 2.55. The second-order valence-corrected chi connectivity index (χ2v) is 7.22. The molecule has 6 nitrogen and oxygen atoms in total. The maximum absolute atomic E-state index is 12.8. The second kappa shape index (κ2) is 5.77. The van der Waals surface area contributed by atoms with Gasteiger partial charge in [-0.05, 0) is 50.9 Å². The predicted octanol–water partition coefficient (Wildman–Crippen LogP) is 2.02. The first-order valence-corrected chi connectivity index (χ1v) is 8.71. The van der Waals surface area contributed by atoms with Crippen LogP contribution in [0.2, 0.25) is 0 Å². The Hall–Kier alpha value is -2.08. The summed E-state index contributed by atoms with van der Waals surface area (Å²) in [4.78, 5) is 15.3. The normalized spacial score (nSPS) is 27.3. The summed E-state index contributed by atoms with van der Waals surface area (Å²) in [6, 6.07) is 6.37. The lowest BCUT2D eigenvalue weighted by molar-refractivity contribution is 0.0462. The molecule has 1 aromatic heterocycles. The third-order valence-corrected chi connectivity index (χ3v) is 5.72. The maximum Gasteiger partial charge on any atom is 0.272 e. The number of phenols is 1. The number of amides is 1. The molecule has 2 saturated heterocycles. The van der Waals surface area contributed by atoms with E-state index in [0.29, 0.717) is 23.2 Å². The Morgan fingerprint density at radius 2 is 1.96 bits per heavy atom. The topological polar surface area (TPSA) is 70.4 Å². The third-order valence-electron chi connectivity index (χ3n) is 5.72. The Balaban J connectivity index is 1.56. The van der Waals surface area contributed by atoms with Crippen LogP contribution < -0.4 is 5.32 Å². The van der Waals surface area contributed by atoms with E-state index in [0.717, 1.165) is 18.4 Å². The predicted molar refractivity (Wildman–Crippen MR) is 92.1 cm³/mol. The zero-order chi connectivity index (χ0) is 16.8. The van der Waals surface area contributed by atoms with Crippen molar-refractivity contribution in [3.05, 3.63) is 23.9 Å². The Morgan fingerprint density at radius 3 is 2.67 bits per heavy atom. The fourth-order valence-electron chi connectivity index (χ4n) is 4.41. The molecule has 24 heavy (non-hydrogen) atoms. The lowest BCUT2D eigenvalue weighted by Crippen LogP contribution is -2.55. The summed E-state index contributed by atoms with van der Waals surface area (Å²) in [5.41, 5.74) is 1.24. The molecule has 2 atom stereocenters. The van der Waals surface area contributed by atoms with Crippen molar-refractivity contribution in [1.82, 2.24) is 20.0 Å². The van der Waals surface area contributed by atoms with E-state index in [4.69, 9.17) is 0 Å². The van der Waals surface area contributed by atoms with Gasteiger partial charge in [0.15, 0.2) is 5.69 Å². The molecule has 128 valence electrons. The molecule has 2 aliphatic rings. The summed E-state index contributed by atoms with van der Waals surface area (Å²) < 4.78 is 1.69. The van der Waals surface area contributed by atoms with Crippen molar-refractivity contribution < 1.29 is 9.90 Å². The van der Waals surface area contributed by atoms with Gasteiger partial charge in [-0.3, -0.25) is 9.48 Å². The molecule has 0 spiro atoms. The summed E-state index contributed by atoms with van der Waals surface area (Å²) in [5.74, 6) is 0.0113. The summed E-state index contributed by atoms with van der Waals surface area (Å²) in [6.45, 7) is 0. The number of rotatable bonds is 2. The minimum Gasteiger partial charge on any atom is -0.508 e. The van der Waals surface area contributed by atoms with Gasteiger partial charge in [-0.15, -0.1) is 0 Å². The number of carbonyl (C=O) groups is 1. The minimum absolute atomic E-state index is 0.140. The zero-order valence-corrected chi connectivity index (χ0v) is 14.2. The number of aromatic hydroxyl groups is 1. The fraction of sp³-hybridized carbons (Fsp3) is 0.556. The van der Waals surface area contributed by atoms with Crippen molar-refractivity contribution in [2.45, 2.75) is 50.2 Å².